The lowest BCUT2D eigenvalue weighted by Crippen LogP contribution is -2.15. The number of alkyl halides is 3. The van der Waals surface area contributed by atoms with Gasteiger partial charge in [-0.3, -0.25) is 4.72 Å². The molecule has 0 saturated heterocycles. The first-order valence-corrected chi connectivity index (χ1v) is 8.09. The number of sulfonamides is 1. The smallest absolute Gasteiger partial charge is 0.278 e. The minimum Gasteiger partial charge on any atom is -0.278 e. The van der Waals surface area contributed by atoms with Gasteiger partial charge in [-0.15, -0.1) is 0 Å². The van der Waals surface area contributed by atoms with Gasteiger partial charge in [-0.1, -0.05) is 23.2 Å². The molecule has 0 fully saturated rings. The van der Waals surface area contributed by atoms with E-state index in [1.807, 2.05) is 4.72 Å². The molecule has 2 aromatic rings. The van der Waals surface area contributed by atoms with Crippen LogP contribution in [0.3, 0.4) is 0 Å². The number of halogens is 6. The molecule has 0 amide bonds. The Morgan fingerprint density at radius 1 is 0.957 bits per heavy atom. The highest BCUT2D eigenvalue weighted by atomic mass is 35.5. The fourth-order valence-electron chi connectivity index (χ4n) is 1.66. The van der Waals surface area contributed by atoms with Gasteiger partial charge in [-0.05, 0) is 36.4 Å². The van der Waals surface area contributed by atoms with Crippen molar-refractivity contribution in [2.24, 2.45) is 0 Å². The average molecular weight is 388 g/mol. The standard InChI is InChI=1S/C13H7Cl2F4NO2S/c14-9-3-1-7(13(17,18)19)5-12(9)23(21,22)20-11-4-2-8(16)6-10(11)15/h1-6,20H. The summed E-state index contributed by atoms with van der Waals surface area (Å²) in [6.45, 7) is 0. The van der Waals surface area contributed by atoms with Gasteiger partial charge in [-0.2, -0.15) is 13.2 Å². The van der Waals surface area contributed by atoms with Gasteiger partial charge in [0, 0.05) is 0 Å². The third-order valence-electron chi connectivity index (χ3n) is 2.72. The molecule has 0 aromatic heterocycles. The lowest BCUT2D eigenvalue weighted by molar-refractivity contribution is -0.137. The Labute approximate surface area is 138 Å². The number of hydrogen-bond acceptors (Lipinski definition) is 2. The highest BCUT2D eigenvalue weighted by Crippen LogP contribution is 2.34. The maximum Gasteiger partial charge on any atom is 0.416 e. The Kier molecular flexibility index (Phi) is 4.79. The van der Waals surface area contributed by atoms with E-state index in [1.54, 1.807) is 0 Å². The van der Waals surface area contributed by atoms with Crippen LogP contribution in [0.25, 0.3) is 0 Å². The molecule has 2 aromatic carbocycles. The second-order valence-electron chi connectivity index (χ2n) is 4.37. The third-order valence-corrected chi connectivity index (χ3v) is 4.88. The fraction of sp³-hybridized carbons (Fsp3) is 0.0769. The maximum atomic E-state index is 12.9. The van der Waals surface area contributed by atoms with Crippen LogP contribution in [-0.4, -0.2) is 8.42 Å². The van der Waals surface area contributed by atoms with Gasteiger partial charge < -0.3 is 0 Å². The quantitative estimate of drug-likeness (QED) is 0.757. The molecule has 0 radical (unpaired) electrons. The largest absolute Gasteiger partial charge is 0.416 e. The summed E-state index contributed by atoms with van der Waals surface area (Å²) in [5.74, 6) is -0.699. The highest BCUT2D eigenvalue weighted by Gasteiger charge is 2.32. The molecule has 0 unspecified atom stereocenters. The van der Waals surface area contributed by atoms with Crippen LogP contribution in [0.15, 0.2) is 41.3 Å². The summed E-state index contributed by atoms with van der Waals surface area (Å²) in [4.78, 5) is -0.769. The Morgan fingerprint density at radius 3 is 2.17 bits per heavy atom. The summed E-state index contributed by atoms with van der Waals surface area (Å²) in [5.41, 5.74) is -1.37. The summed E-state index contributed by atoms with van der Waals surface area (Å²) in [6.07, 6.45) is -4.73. The molecule has 0 bridgehead atoms. The van der Waals surface area contributed by atoms with Crippen molar-refractivity contribution < 1.29 is 26.0 Å². The molecule has 3 nitrogen and oxygen atoms in total. The Balaban J connectivity index is 2.47. The van der Waals surface area contributed by atoms with Crippen molar-refractivity contribution in [2.75, 3.05) is 4.72 Å². The van der Waals surface area contributed by atoms with Crippen molar-refractivity contribution in [1.82, 2.24) is 0 Å². The molecule has 2 rings (SSSR count). The van der Waals surface area contributed by atoms with Gasteiger partial charge in [0.05, 0.1) is 21.3 Å². The highest BCUT2D eigenvalue weighted by molar-refractivity contribution is 7.92. The van der Waals surface area contributed by atoms with Gasteiger partial charge in [-0.25, -0.2) is 12.8 Å². The first-order valence-electron chi connectivity index (χ1n) is 5.85. The Bertz CT molecular complexity index is 854. The summed E-state index contributed by atoms with van der Waals surface area (Å²) in [5, 5.41) is -0.652. The molecule has 0 heterocycles. The normalized spacial score (nSPS) is 12.3. The second kappa shape index (κ2) is 6.18. The number of nitrogens with one attached hydrogen (secondary N) is 1. The van der Waals surface area contributed by atoms with Crippen LogP contribution in [0.5, 0.6) is 0 Å². The minimum atomic E-state index is -4.73. The van der Waals surface area contributed by atoms with Crippen LogP contribution in [0, 0.1) is 5.82 Å². The molecule has 0 aliphatic carbocycles. The molecular formula is C13H7Cl2F4NO2S. The van der Waals surface area contributed by atoms with Gasteiger partial charge in [0.1, 0.15) is 10.7 Å². The molecular weight excluding hydrogens is 381 g/mol. The van der Waals surface area contributed by atoms with Gasteiger partial charge in [0.2, 0.25) is 0 Å². The van der Waals surface area contributed by atoms with E-state index in [0.29, 0.717) is 12.1 Å². The van der Waals surface area contributed by atoms with Crippen LogP contribution >= 0.6 is 23.2 Å². The monoisotopic (exact) mass is 387 g/mol. The molecule has 0 saturated carbocycles. The van der Waals surface area contributed by atoms with E-state index < -0.39 is 37.5 Å². The molecule has 0 spiro atoms. The van der Waals surface area contributed by atoms with E-state index in [9.17, 15) is 26.0 Å². The number of benzene rings is 2. The number of rotatable bonds is 3. The molecule has 1 N–H and O–H groups in total. The lowest BCUT2D eigenvalue weighted by atomic mass is 10.2. The van der Waals surface area contributed by atoms with Gasteiger partial charge in [0.15, 0.2) is 0 Å². The molecule has 124 valence electrons. The van der Waals surface area contributed by atoms with Crippen molar-refractivity contribution in [3.63, 3.8) is 0 Å². The first-order chi connectivity index (χ1) is 10.5. The minimum absolute atomic E-state index is 0.193. The van der Waals surface area contributed by atoms with Crippen molar-refractivity contribution >= 4 is 38.9 Å². The van der Waals surface area contributed by atoms with Crippen LogP contribution in [0.2, 0.25) is 10.0 Å². The number of hydrogen-bond donors (Lipinski definition) is 1. The fourth-order valence-corrected chi connectivity index (χ4v) is 3.53. The molecule has 0 atom stereocenters. The van der Waals surface area contributed by atoms with Gasteiger partial charge in [0.25, 0.3) is 10.0 Å². The average Bonchev–Trinajstić information content (AvgIpc) is 2.41. The Hall–Kier alpha value is -1.51. The zero-order valence-electron chi connectivity index (χ0n) is 11.0. The van der Waals surface area contributed by atoms with Crippen molar-refractivity contribution in [1.29, 1.82) is 0 Å². The van der Waals surface area contributed by atoms with E-state index in [4.69, 9.17) is 23.2 Å². The topological polar surface area (TPSA) is 46.2 Å². The summed E-state index contributed by atoms with van der Waals surface area (Å²) in [6, 6.07) is 4.72. The van der Waals surface area contributed by atoms with E-state index in [0.717, 1.165) is 24.3 Å². The SMILES string of the molecule is O=S(=O)(Nc1ccc(F)cc1Cl)c1cc(C(F)(F)F)ccc1Cl. The van der Waals surface area contributed by atoms with Crippen molar-refractivity contribution in [3.05, 3.63) is 57.8 Å². The van der Waals surface area contributed by atoms with Crippen LogP contribution in [0.1, 0.15) is 5.56 Å². The zero-order valence-corrected chi connectivity index (χ0v) is 13.3. The first kappa shape index (κ1) is 17.8. The van der Waals surface area contributed by atoms with E-state index in [2.05, 4.69) is 0 Å². The maximum absolute atomic E-state index is 12.9. The van der Waals surface area contributed by atoms with Crippen LogP contribution in [0.4, 0.5) is 23.2 Å². The van der Waals surface area contributed by atoms with Crippen LogP contribution in [-0.2, 0) is 16.2 Å². The Morgan fingerprint density at radius 2 is 1.61 bits per heavy atom. The predicted octanol–water partition coefficient (Wildman–Crippen LogP) is 4.95. The summed E-state index contributed by atoms with van der Waals surface area (Å²) in [7, 11) is -4.45. The lowest BCUT2D eigenvalue weighted by Gasteiger charge is -2.13. The summed E-state index contributed by atoms with van der Waals surface area (Å²) < 4.78 is 77.5. The second-order valence-corrected chi connectivity index (χ2v) is 6.84. The molecule has 0 aliphatic heterocycles. The van der Waals surface area contributed by atoms with Crippen molar-refractivity contribution in [3.8, 4) is 0 Å². The molecule has 23 heavy (non-hydrogen) atoms. The summed E-state index contributed by atoms with van der Waals surface area (Å²) >= 11 is 11.4. The van der Waals surface area contributed by atoms with Crippen LogP contribution < -0.4 is 4.72 Å². The predicted molar refractivity (Wildman–Crippen MR) is 78.7 cm³/mol. The van der Waals surface area contributed by atoms with Crippen molar-refractivity contribution in [2.45, 2.75) is 11.1 Å². The van der Waals surface area contributed by atoms with E-state index in [-0.39, 0.29) is 10.7 Å². The van der Waals surface area contributed by atoms with Gasteiger partial charge >= 0.3 is 6.18 Å². The van der Waals surface area contributed by atoms with E-state index >= 15 is 0 Å². The molecule has 0 aliphatic rings. The number of anilines is 1. The zero-order chi connectivity index (χ0) is 17.4. The van der Waals surface area contributed by atoms with E-state index in [1.165, 1.54) is 0 Å². The molecule has 10 heteroatoms. The third kappa shape index (κ3) is 4.07.